The van der Waals surface area contributed by atoms with E-state index in [1.165, 1.54) is 18.8 Å². The van der Waals surface area contributed by atoms with Crippen LogP contribution in [0.5, 0.6) is 0 Å². The molecule has 0 aromatic carbocycles. The molecule has 1 saturated carbocycles. The second-order valence-electron chi connectivity index (χ2n) is 5.07. The maximum Gasteiger partial charge on any atom is 0.243 e. The number of nitrogens with zero attached hydrogens (tertiary/aromatic N) is 2. The van der Waals surface area contributed by atoms with Crippen molar-refractivity contribution < 1.29 is 8.42 Å². The number of thioether (sulfide) groups is 1. The molecule has 1 aliphatic rings. The molecule has 0 radical (unpaired) electrons. The quantitative estimate of drug-likeness (QED) is 0.809. The maximum atomic E-state index is 12.3. The Labute approximate surface area is 124 Å². The standard InChI is InChI=1S/C12H22N4O2S2/c1-19-11-4-2-3-10(7-11)15-20(17,18)12-8-14-16(9-12)6-5-13/h8-11,15H,2-7,13H2,1H3. The van der Waals surface area contributed by atoms with Crippen molar-refractivity contribution in [3.63, 3.8) is 0 Å². The molecule has 1 aromatic heterocycles. The lowest BCUT2D eigenvalue weighted by Gasteiger charge is -2.28. The van der Waals surface area contributed by atoms with Crippen molar-refractivity contribution in [1.82, 2.24) is 14.5 Å². The Morgan fingerprint density at radius 1 is 1.55 bits per heavy atom. The molecule has 8 heteroatoms. The van der Waals surface area contributed by atoms with Crippen LogP contribution in [0.3, 0.4) is 0 Å². The van der Waals surface area contributed by atoms with Crippen molar-refractivity contribution in [1.29, 1.82) is 0 Å². The number of hydrogen-bond donors (Lipinski definition) is 2. The fourth-order valence-electron chi connectivity index (χ4n) is 2.49. The van der Waals surface area contributed by atoms with Gasteiger partial charge in [0.1, 0.15) is 4.90 Å². The average molecular weight is 318 g/mol. The van der Waals surface area contributed by atoms with Crippen LogP contribution in [0.4, 0.5) is 0 Å². The normalized spacial score (nSPS) is 23.9. The van der Waals surface area contributed by atoms with Crippen molar-refractivity contribution in [3.05, 3.63) is 12.4 Å². The van der Waals surface area contributed by atoms with Crippen molar-refractivity contribution in [2.75, 3.05) is 12.8 Å². The highest BCUT2D eigenvalue weighted by Gasteiger charge is 2.26. The van der Waals surface area contributed by atoms with E-state index in [1.807, 2.05) is 11.8 Å². The Kier molecular flexibility index (Phi) is 5.48. The van der Waals surface area contributed by atoms with Gasteiger partial charge in [0.05, 0.1) is 12.7 Å². The van der Waals surface area contributed by atoms with Crippen LogP contribution >= 0.6 is 11.8 Å². The molecule has 6 nitrogen and oxygen atoms in total. The highest BCUT2D eigenvalue weighted by atomic mass is 32.2. The van der Waals surface area contributed by atoms with Gasteiger partial charge in [0, 0.05) is 24.0 Å². The van der Waals surface area contributed by atoms with Crippen molar-refractivity contribution >= 4 is 21.8 Å². The summed E-state index contributed by atoms with van der Waals surface area (Å²) < 4.78 is 29.0. The number of nitrogens with two attached hydrogens (primary N) is 1. The predicted molar refractivity (Wildman–Crippen MR) is 81.2 cm³/mol. The largest absolute Gasteiger partial charge is 0.329 e. The van der Waals surface area contributed by atoms with Crippen LogP contribution in [0, 0.1) is 0 Å². The lowest BCUT2D eigenvalue weighted by Crippen LogP contribution is -2.38. The van der Waals surface area contributed by atoms with Crippen LogP contribution < -0.4 is 10.5 Å². The lowest BCUT2D eigenvalue weighted by atomic mass is 9.96. The molecule has 1 aromatic rings. The van der Waals surface area contributed by atoms with E-state index in [0.717, 1.165) is 19.3 Å². The molecule has 1 heterocycles. The van der Waals surface area contributed by atoms with Gasteiger partial charge in [-0.15, -0.1) is 0 Å². The van der Waals surface area contributed by atoms with Gasteiger partial charge in [-0.1, -0.05) is 6.42 Å². The third kappa shape index (κ3) is 3.97. The minimum Gasteiger partial charge on any atom is -0.329 e. The molecule has 2 atom stereocenters. The van der Waals surface area contributed by atoms with E-state index in [9.17, 15) is 8.42 Å². The zero-order valence-electron chi connectivity index (χ0n) is 11.7. The third-order valence-corrected chi connectivity index (χ3v) is 6.13. The molecule has 0 saturated heterocycles. The number of hydrogen-bond acceptors (Lipinski definition) is 5. The fraction of sp³-hybridized carbons (Fsp3) is 0.750. The summed E-state index contributed by atoms with van der Waals surface area (Å²) >= 11 is 1.82. The molecule has 3 N–H and O–H groups in total. The molecule has 0 amide bonds. The predicted octanol–water partition coefficient (Wildman–Crippen LogP) is 0.794. The van der Waals surface area contributed by atoms with Gasteiger partial charge in [-0.2, -0.15) is 16.9 Å². The molecule has 1 fully saturated rings. The van der Waals surface area contributed by atoms with Crippen LogP contribution in [0.15, 0.2) is 17.3 Å². The summed E-state index contributed by atoms with van der Waals surface area (Å²) in [5, 5.41) is 4.56. The summed E-state index contributed by atoms with van der Waals surface area (Å²) in [6, 6.07) is 0.0315. The zero-order valence-corrected chi connectivity index (χ0v) is 13.3. The molecule has 114 valence electrons. The first-order chi connectivity index (χ1) is 9.55. The van der Waals surface area contributed by atoms with E-state index in [2.05, 4.69) is 16.1 Å². The van der Waals surface area contributed by atoms with Gasteiger partial charge < -0.3 is 5.73 Å². The molecule has 0 spiro atoms. The van der Waals surface area contributed by atoms with Gasteiger partial charge in [0.2, 0.25) is 10.0 Å². The molecule has 2 rings (SSSR count). The highest BCUT2D eigenvalue weighted by molar-refractivity contribution is 7.99. The van der Waals surface area contributed by atoms with E-state index in [-0.39, 0.29) is 10.9 Å². The second-order valence-corrected chi connectivity index (χ2v) is 7.92. The summed E-state index contributed by atoms with van der Waals surface area (Å²) in [6.45, 7) is 0.958. The Morgan fingerprint density at radius 2 is 2.35 bits per heavy atom. The smallest absolute Gasteiger partial charge is 0.243 e. The molecule has 20 heavy (non-hydrogen) atoms. The minimum atomic E-state index is -3.47. The average Bonchev–Trinajstić information content (AvgIpc) is 2.88. The third-order valence-electron chi connectivity index (χ3n) is 3.56. The summed E-state index contributed by atoms with van der Waals surface area (Å²) in [4.78, 5) is 0.220. The van der Waals surface area contributed by atoms with Crippen molar-refractivity contribution in [2.45, 2.75) is 48.4 Å². The van der Waals surface area contributed by atoms with Crippen LogP contribution in [0.1, 0.15) is 25.7 Å². The first-order valence-corrected chi connectivity index (χ1v) is 9.60. The summed E-state index contributed by atoms with van der Waals surface area (Å²) in [5.74, 6) is 0. The molecular weight excluding hydrogens is 296 g/mol. The summed E-state index contributed by atoms with van der Waals surface area (Å²) in [5.41, 5.74) is 5.43. The van der Waals surface area contributed by atoms with Gasteiger partial charge >= 0.3 is 0 Å². The van der Waals surface area contributed by atoms with Gasteiger partial charge in [-0.3, -0.25) is 4.68 Å². The molecule has 0 aliphatic heterocycles. The first-order valence-electron chi connectivity index (χ1n) is 6.83. The molecular formula is C12H22N4O2S2. The Bertz CT molecular complexity index is 529. The maximum absolute atomic E-state index is 12.3. The Balaban J connectivity index is 2.02. The van der Waals surface area contributed by atoms with Gasteiger partial charge in [0.25, 0.3) is 0 Å². The van der Waals surface area contributed by atoms with E-state index < -0.39 is 10.0 Å². The van der Waals surface area contributed by atoms with E-state index in [1.54, 1.807) is 4.68 Å². The van der Waals surface area contributed by atoms with Crippen LogP contribution in [0.2, 0.25) is 0 Å². The number of aromatic nitrogens is 2. The van der Waals surface area contributed by atoms with Gasteiger partial charge in [-0.25, -0.2) is 13.1 Å². The molecule has 0 bridgehead atoms. The van der Waals surface area contributed by atoms with E-state index in [0.29, 0.717) is 18.3 Å². The van der Waals surface area contributed by atoms with Crippen LogP contribution in [-0.4, -0.2) is 42.3 Å². The van der Waals surface area contributed by atoms with Crippen molar-refractivity contribution in [3.8, 4) is 0 Å². The fourth-order valence-corrected chi connectivity index (χ4v) is 4.55. The van der Waals surface area contributed by atoms with Crippen molar-refractivity contribution in [2.24, 2.45) is 5.73 Å². The topological polar surface area (TPSA) is 90.0 Å². The summed E-state index contributed by atoms with van der Waals surface area (Å²) in [6.07, 6.45) is 9.05. The number of rotatable bonds is 6. The monoisotopic (exact) mass is 318 g/mol. The number of nitrogens with one attached hydrogen (secondary N) is 1. The van der Waals surface area contributed by atoms with E-state index >= 15 is 0 Å². The SMILES string of the molecule is CSC1CCCC(NS(=O)(=O)c2cnn(CCN)c2)C1. The molecule has 1 aliphatic carbocycles. The van der Waals surface area contributed by atoms with Crippen LogP contribution in [-0.2, 0) is 16.6 Å². The Hall–Kier alpha value is -0.570. The van der Waals surface area contributed by atoms with Crippen LogP contribution in [0.25, 0.3) is 0 Å². The minimum absolute atomic E-state index is 0.0315. The second kappa shape index (κ2) is 6.93. The summed E-state index contributed by atoms with van der Waals surface area (Å²) in [7, 11) is -3.47. The first kappa shape index (κ1) is 15.8. The highest BCUT2D eigenvalue weighted by Crippen LogP contribution is 2.27. The number of sulfonamides is 1. The van der Waals surface area contributed by atoms with Gasteiger partial charge in [0.15, 0.2) is 0 Å². The lowest BCUT2D eigenvalue weighted by molar-refractivity contribution is 0.421. The Morgan fingerprint density at radius 3 is 3.05 bits per heavy atom. The van der Waals surface area contributed by atoms with E-state index in [4.69, 9.17) is 5.73 Å². The molecule has 2 unspecified atom stereocenters. The van der Waals surface area contributed by atoms with Gasteiger partial charge in [-0.05, 0) is 25.5 Å². The zero-order chi connectivity index (χ0) is 14.6.